The number of halogens is 4. The van der Waals surface area contributed by atoms with Gasteiger partial charge in [0.2, 0.25) is 14.8 Å². The van der Waals surface area contributed by atoms with E-state index in [0.717, 1.165) is 43.1 Å². The minimum absolute atomic E-state index is 0.136. The first-order chi connectivity index (χ1) is 11.3. The minimum atomic E-state index is -4.15. The van der Waals surface area contributed by atoms with Crippen LogP contribution in [0.2, 0.25) is 0 Å². The molecule has 2 aromatic rings. The maximum absolute atomic E-state index is 13.6. The van der Waals surface area contributed by atoms with Gasteiger partial charge in [-0.25, -0.2) is 0 Å². The number of alkyl halides is 3. The molecule has 3 nitrogen and oxygen atoms in total. The molecule has 1 aliphatic rings. The van der Waals surface area contributed by atoms with E-state index in [9.17, 15) is 13.2 Å². The van der Waals surface area contributed by atoms with E-state index in [1.807, 2.05) is 19.1 Å². The predicted octanol–water partition coefficient (Wildman–Crippen LogP) is 2.72. The van der Waals surface area contributed by atoms with Crippen molar-refractivity contribution in [3.8, 4) is 0 Å². The van der Waals surface area contributed by atoms with Gasteiger partial charge in [-0.3, -0.25) is 0 Å². The highest BCUT2D eigenvalue weighted by Gasteiger charge is 2.49. The van der Waals surface area contributed by atoms with Crippen molar-refractivity contribution < 1.29 is 40.6 Å². The number of fused-ring (bicyclic) bond motifs is 1. The summed E-state index contributed by atoms with van der Waals surface area (Å²) in [5, 5.41) is 0.845. The van der Waals surface area contributed by atoms with E-state index in [1.54, 1.807) is 12.1 Å². The monoisotopic (exact) mass is 426 g/mol. The van der Waals surface area contributed by atoms with Gasteiger partial charge in [0.05, 0.1) is 10.5 Å². The standard InChI is InChI=1S/C16H18F3S.BrO3/c1-2-11-8-5-9-14-13(11)10-15(12-6-3-4-7-12)20(14)16(17,18)19;2-1(3)4/h5,8-10,12H,2-4,6-7H2,1H3;/q+1;-1. The van der Waals surface area contributed by atoms with Crippen LogP contribution in [0.4, 0.5) is 13.2 Å². The van der Waals surface area contributed by atoms with Crippen LogP contribution >= 0.6 is 10.5 Å². The molecule has 0 spiro atoms. The van der Waals surface area contributed by atoms with Gasteiger partial charge in [0.15, 0.2) is 9.58 Å². The molecule has 1 aromatic carbocycles. The zero-order chi connectivity index (χ0) is 17.9. The Bertz CT molecular complexity index is 676. The van der Waals surface area contributed by atoms with Crippen molar-refractivity contribution in [3.63, 3.8) is 0 Å². The van der Waals surface area contributed by atoms with Gasteiger partial charge in [0, 0.05) is 17.4 Å². The molecule has 0 amide bonds. The average molecular weight is 427 g/mol. The van der Waals surface area contributed by atoms with E-state index in [0.29, 0.717) is 9.58 Å². The topological polar surface area (TPSA) is 69.2 Å². The average Bonchev–Trinajstić information content (AvgIpc) is 3.12. The fraction of sp³-hybridized carbons (Fsp3) is 0.500. The second-order valence-corrected chi connectivity index (χ2v) is 8.43. The van der Waals surface area contributed by atoms with Crippen LogP contribution in [-0.4, -0.2) is 0 Å². The molecule has 1 unspecified atom stereocenters. The second kappa shape index (κ2) is 8.14. The molecule has 0 bridgehead atoms. The number of thiophene rings is 1. The van der Waals surface area contributed by atoms with Crippen molar-refractivity contribution in [2.24, 2.45) is 0 Å². The highest BCUT2D eigenvalue weighted by Crippen LogP contribution is 2.55. The molecular weight excluding hydrogens is 409 g/mol. The van der Waals surface area contributed by atoms with E-state index < -0.39 is 30.8 Å². The number of hydrogen-bond donors (Lipinski definition) is 0. The first-order valence-electron chi connectivity index (χ1n) is 7.63. The molecule has 1 saturated carbocycles. The lowest BCUT2D eigenvalue weighted by atomic mass is 10.0. The van der Waals surface area contributed by atoms with Crippen LogP contribution in [0.3, 0.4) is 0 Å². The summed E-state index contributed by atoms with van der Waals surface area (Å²) in [5.74, 6) is 0.136. The molecule has 1 fully saturated rings. The van der Waals surface area contributed by atoms with Crippen molar-refractivity contribution >= 4 is 20.6 Å². The first kappa shape index (κ1) is 19.7. The Morgan fingerprint density at radius 2 is 1.75 bits per heavy atom. The molecular formula is C16H18BrF3O3S. The van der Waals surface area contributed by atoms with Gasteiger partial charge in [-0.1, -0.05) is 31.9 Å². The van der Waals surface area contributed by atoms with Crippen molar-refractivity contribution in [1.29, 1.82) is 0 Å². The summed E-state index contributed by atoms with van der Waals surface area (Å²) >= 11 is -3.65. The highest BCUT2D eigenvalue weighted by molar-refractivity contribution is 7.38. The molecule has 1 heterocycles. The summed E-state index contributed by atoms with van der Waals surface area (Å²) < 4.78 is 66.7. The summed E-state index contributed by atoms with van der Waals surface area (Å²) in [6.45, 7) is 2.00. The van der Waals surface area contributed by atoms with Gasteiger partial charge in [0.25, 0.3) is 0 Å². The molecule has 24 heavy (non-hydrogen) atoms. The lowest BCUT2D eigenvalue weighted by Gasteiger charge is -2.05. The van der Waals surface area contributed by atoms with Crippen LogP contribution in [-0.2, 0) is 11.9 Å². The zero-order valence-electron chi connectivity index (χ0n) is 13.1. The van der Waals surface area contributed by atoms with Crippen LogP contribution in [0, 0.1) is 14.8 Å². The van der Waals surface area contributed by atoms with E-state index in [1.165, 1.54) is 0 Å². The fourth-order valence-corrected chi connectivity index (χ4v) is 5.52. The summed E-state index contributed by atoms with van der Waals surface area (Å²) in [4.78, 5) is 0.644. The van der Waals surface area contributed by atoms with Gasteiger partial charge in [-0.05, 0) is 30.9 Å². The third kappa shape index (κ3) is 4.49. The molecule has 0 saturated heterocycles. The molecule has 8 heteroatoms. The summed E-state index contributed by atoms with van der Waals surface area (Å²) in [6, 6.07) is 7.25. The number of aryl methyl sites for hydroxylation is 1. The molecule has 1 aromatic heterocycles. The van der Waals surface area contributed by atoms with Gasteiger partial charge in [0.1, 0.15) is 0 Å². The van der Waals surface area contributed by atoms with E-state index >= 15 is 0 Å². The quantitative estimate of drug-likeness (QED) is 0.693. The normalized spacial score (nSPS) is 16.6. The van der Waals surface area contributed by atoms with Crippen LogP contribution in [0.25, 0.3) is 10.1 Å². The fourth-order valence-electron chi connectivity index (χ4n) is 3.32. The molecule has 0 radical (unpaired) electrons. The molecule has 134 valence electrons. The molecule has 1 atom stereocenters. The smallest absolute Gasteiger partial charge is 0.405 e. The number of benzene rings is 1. The third-order valence-electron chi connectivity index (χ3n) is 4.27. The van der Waals surface area contributed by atoms with Gasteiger partial charge in [-0.2, -0.15) is 0 Å². The Morgan fingerprint density at radius 3 is 2.25 bits per heavy atom. The highest BCUT2D eigenvalue weighted by atomic mass is 80.0. The Labute approximate surface area is 146 Å². The van der Waals surface area contributed by atoms with Gasteiger partial charge >= 0.3 is 5.51 Å². The van der Waals surface area contributed by atoms with Crippen LogP contribution in [0.15, 0.2) is 24.3 Å². The number of hydrogen-bond acceptors (Lipinski definition) is 3. The number of rotatable bonds is 2. The SMILES string of the molecule is CCc1cccc2c1cc(C1CCCC1)[s+]2C(F)(F)F.[O-][Br+2]([O-])[O-]. The maximum atomic E-state index is 13.6. The van der Waals surface area contributed by atoms with Crippen molar-refractivity contribution in [2.75, 3.05) is 0 Å². The van der Waals surface area contributed by atoms with E-state index in [2.05, 4.69) is 0 Å². The zero-order valence-corrected chi connectivity index (χ0v) is 15.5. The van der Waals surface area contributed by atoms with Crippen molar-refractivity contribution in [3.05, 3.63) is 34.7 Å². The second-order valence-electron chi connectivity index (χ2n) is 5.65. The summed E-state index contributed by atoms with van der Waals surface area (Å²) in [7, 11) is -1.70. The van der Waals surface area contributed by atoms with Crippen LogP contribution in [0.1, 0.15) is 49.0 Å². The Kier molecular flexibility index (Phi) is 6.66. The van der Waals surface area contributed by atoms with E-state index in [-0.39, 0.29) is 5.92 Å². The Morgan fingerprint density at radius 1 is 1.17 bits per heavy atom. The van der Waals surface area contributed by atoms with Gasteiger partial charge in [-0.15, -0.1) is 13.2 Å². The predicted molar refractivity (Wildman–Crippen MR) is 78.3 cm³/mol. The Hall–Kier alpha value is -0.670. The summed E-state index contributed by atoms with van der Waals surface area (Å²) in [6.07, 6.45) is 4.75. The molecule has 0 N–H and O–H groups in total. The minimum Gasteiger partial charge on any atom is -0.405 e. The summed E-state index contributed by atoms with van der Waals surface area (Å²) in [5.41, 5.74) is -3.11. The Balaban J connectivity index is 0.000000471. The third-order valence-corrected chi connectivity index (χ3v) is 6.45. The largest absolute Gasteiger partial charge is 0.600 e. The van der Waals surface area contributed by atoms with Crippen LogP contribution in [0.5, 0.6) is 0 Å². The first-order valence-corrected chi connectivity index (χ1v) is 10.8. The molecule has 1 aliphatic carbocycles. The maximum Gasteiger partial charge on any atom is 0.600 e. The van der Waals surface area contributed by atoms with Gasteiger partial charge < -0.3 is 12.6 Å². The molecule has 3 rings (SSSR count). The molecule has 0 aliphatic heterocycles. The van der Waals surface area contributed by atoms with Crippen LogP contribution < -0.4 is 12.6 Å². The van der Waals surface area contributed by atoms with E-state index in [4.69, 9.17) is 12.6 Å². The lowest BCUT2D eigenvalue weighted by molar-refractivity contribution is -1.73. The van der Waals surface area contributed by atoms with Crippen molar-refractivity contribution in [2.45, 2.75) is 50.5 Å². The van der Waals surface area contributed by atoms with Crippen molar-refractivity contribution in [1.82, 2.24) is 0 Å². The lowest BCUT2D eigenvalue weighted by Crippen LogP contribution is -2.42.